The number of aryl methyl sites for hydroxylation is 1. The summed E-state index contributed by atoms with van der Waals surface area (Å²) < 4.78 is 0. The Kier molecular flexibility index (Phi) is 4.11. The van der Waals surface area contributed by atoms with Crippen molar-refractivity contribution in [3.05, 3.63) is 29.8 Å². The van der Waals surface area contributed by atoms with Gasteiger partial charge in [0.1, 0.15) is 0 Å². The Morgan fingerprint density at radius 3 is 2.19 bits per heavy atom. The van der Waals surface area contributed by atoms with Crippen LogP contribution in [-0.4, -0.2) is 5.91 Å². The first-order valence-corrected chi connectivity index (χ1v) is 5.73. The number of anilines is 1. The second-order valence-corrected chi connectivity index (χ2v) is 5.44. The molecule has 0 aliphatic rings. The zero-order valence-corrected chi connectivity index (χ0v) is 10.6. The molecule has 0 aliphatic carbocycles. The second kappa shape index (κ2) is 5.15. The lowest BCUT2D eigenvalue weighted by molar-refractivity contribution is -0.114. The predicted octanol–water partition coefficient (Wildman–Crippen LogP) is 3.62. The van der Waals surface area contributed by atoms with E-state index in [1.165, 1.54) is 18.9 Å². The van der Waals surface area contributed by atoms with Gasteiger partial charge in [-0.15, -0.1) is 0 Å². The van der Waals surface area contributed by atoms with Gasteiger partial charge < -0.3 is 5.32 Å². The molecule has 1 aromatic rings. The smallest absolute Gasteiger partial charge is 0.221 e. The molecule has 1 rings (SSSR count). The molecule has 0 heterocycles. The van der Waals surface area contributed by atoms with Gasteiger partial charge in [0.05, 0.1) is 0 Å². The third kappa shape index (κ3) is 4.96. The van der Waals surface area contributed by atoms with Crippen LogP contribution in [0.15, 0.2) is 24.3 Å². The van der Waals surface area contributed by atoms with E-state index in [0.717, 1.165) is 12.1 Å². The Morgan fingerprint density at radius 1 is 1.19 bits per heavy atom. The molecule has 0 unspecified atom stereocenters. The normalized spacial score (nSPS) is 11.2. The number of carbonyl (C=O) groups excluding carboxylic acids is 1. The van der Waals surface area contributed by atoms with Crippen LogP contribution in [0.25, 0.3) is 0 Å². The molecule has 1 aromatic carbocycles. The van der Waals surface area contributed by atoms with Gasteiger partial charge in [0.15, 0.2) is 0 Å². The van der Waals surface area contributed by atoms with Crippen LogP contribution in [0.5, 0.6) is 0 Å². The quantitative estimate of drug-likeness (QED) is 0.826. The van der Waals surface area contributed by atoms with Crippen molar-refractivity contribution in [1.29, 1.82) is 0 Å². The SMILES string of the molecule is CC(=O)Nc1ccc(CCC(C)(C)C)cc1. The molecule has 1 N–H and O–H groups in total. The number of hydrogen-bond acceptors (Lipinski definition) is 1. The minimum Gasteiger partial charge on any atom is -0.326 e. The van der Waals surface area contributed by atoms with E-state index in [-0.39, 0.29) is 5.91 Å². The first kappa shape index (κ1) is 12.8. The summed E-state index contributed by atoms with van der Waals surface area (Å²) in [6, 6.07) is 8.08. The molecule has 0 atom stereocenters. The number of benzene rings is 1. The van der Waals surface area contributed by atoms with Crippen LogP contribution in [-0.2, 0) is 11.2 Å². The van der Waals surface area contributed by atoms with E-state index in [0.29, 0.717) is 5.41 Å². The number of amides is 1. The lowest BCUT2D eigenvalue weighted by Gasteiger charge is -2.17. The third-order valence-corrected chi connectivity index (χ3v) is 2.44. The Morgan fingerprint density at radius 2 is 1.75 bits per heavy atom. The van der Waals surface area contributed by atoms with E-state index in [1.807, 2.05) is 12.1 Å². The van der Waals surface area contributed by atoms with Gasteiger partial charge in [-0.05, 0) is 36.0 Å². The highest BCUT2D eigenvalue weighted by atomic mass is 16.1. The predicted molar refractivity (Wildman–Crippen MR) is 68.5 cm³/mol. The summed E-state index contributed by atoms with van der Waals surface area (Å²) in [6.07, 6.45) is 2.26. The first-order chi connectivity index (χ1) is 7.37. The van der Waals surface area contributed by atoms with Crippen LogP contribution >= 0.6 is 0 Å². The van der Waals surface area contributed by atoms with Crippen LogP contribution in [0.2, 0.25) is 0 Å². The molecular formula is C14H21NO. The first-order valence-electron chi connectivity index (χ1n) is 5.73. The van der Waals surface area contributed by atoms with E-state index in [4.69, 9.17) is 0 Å². The number of carbonyl (C=O) groups is 1. The van der Waals surface area contributed by atoms with Gasteiger partial charge in [-0.1, -0.05) is 32.9 Å². The molecule has 2 nitrogen and oxygen atoms in total. The van der Waals surface area contributed by atoms with Gasteiger partial charge >= 0.3 is 0 Å². The maximum absolute atomic E-state index is 10.8. The van der Waals surface area contributed by atoms with Gasteiger partial charge in [-0.3, -0.25) is 4.79 Å². The van der Waals surface area contributed by atoms with Crippen LogP contribution in [0.4, 0.5) is 5.69 Å². The van der Waals surface area contributed by atoms with E-state index in [2.05, 4.69) is 38.2 Å². The van der Waals surface area contributed by atoms with Crippen molar-refractivity contribution < 1.29 is 4.79 Å². The summed E-state index contributed by atoms with van der Waals surface area (Å²) in [5.74, 6) is -0.0255. The molecule has 88 valence electrons. The molecule has 0 aliphatic heterocycles. The fourth-order valence-electron chi connectivity index (χ4n) is 1.48. The molecule has 0 saturated carbocycles. The number of hydrogen-bond donors (Lipinski definition) is 1. The maximum atomic E-state index is 10.8. The minimum absolute atomic E-state index is 0.0255. The maximum Gasteiger partial charge on any atom is 0.221 e. The molecule has 0 radical (unpaired) electrons. The zero-order valence-electron chi connectivity index (χ0n) is 10.6. The molecule has 16 heavy (non-hydrogen) atoms. The molecule has 0 bridgehead atoms. The average Bonchev–Trinajstić information content (AvgIpc) is 2.14. The van der Waals surface area contributed by atoms with Gasteiger partial charge in [-0.25, -0.2) is 0 Å². The van der Waals surface area contributed by atoms with Crippen molar-refractivity contribution in [2.45, 2.75) is 40.5 Å². The van der Waals surface area contributed by atoms with Crippen molar-refractivity contribution in [2.75, 3.05) is 5.32 Å². The minimum atomic E-state index is -0.0255. The Bertz CT molecular complexity index is 346. The number of rotatable bonds is 3. The highest BCUT2D eigenvalue weighted by Gasteiger charge is 2.09. The van der Waals surface area contributed by atoms with E-state index in [1.54, 1.807) is 0 Å². The molecule has 0 saturated heterocycles. The molecule has 0 spiro atoms. The van der Waals surface area contributed by atoms with Crippen molar-refractivity contribution in [1.82, 2.24) is 0 Å². The standard InChI is InChI=1S/C14H21NO/c1-11(16)15-13-7-5-12(6-8-13)9-10-14(2,3)4/h5-8H,9-10H2,1-4H3,(H,15,16). The lowest BCUT2D eigenvalue weighted by atomic mass is 9.89. The van der Waals surface area contributed by atoms with Crippen molar-refractivity contribution in [2.24, 2.45) is 5.41 Å². The molecule has 0 fully saturated rings. The zero-order chi connectivity index (χ0) is 12.2. The average molecular weight is 219 g/mol. The topological polar surface area (TPSA) is 29.1 Å². The summed E-state index contributed by atoms with van der Waals surface area (Å²) in [4.78, 5) is 10.8. The van der Waals surface area contributed by atoms with Gasteiger partial charge in [0.25, 0.3) is 0 Å². The van der Waals surface area contributed by atoms with Crippen molar-refractivity contribution in [3.63, 3.8) is 0 Å². The Balaban J connectivity index is 2.55. The fourth-order valence-corrected chi connectivity index (χ4v) is 1.48. The molecule has 1 amide bonds. The highest BCUT2D eigenvalue weighted by Crippen LogP contribution is 2.22. The van der Waals surface area contributed by atoms with E-state index < -0.39 is 0 Å². The van der Waals surface area contributed by atoms with E-state index >= 15 is 0 Å². The van der Waals surface area contributed by atoms with Gasteiger partial charge in [0.2, 0.25) is 5.91 Å². The molecule has 2 heteroatoms. The van der Waals surface area contributed by atoms with Crippen LogP contribution in [0.1, 0.15) is 39.7 Å². The monoisotopic (exact) mass is 219 g/mol. The Hall–Kier alpha value is -1.31. The van der Waals surface area contributed by atoms with Crippen LogP contribution in [0, 0.1) is 5.41 Å². The number of nitrogens with one attached hydrogen (secondary N) is 1. The summed E-state index contributed by atoms with van der Waals surface area (Å²) in [5.41, 5.74) is 2.56. The van der Waals surface area contributed by atoms with Crippen LogP contribution in [0.3, 0.4) is 0 Å². The van der Waals surface area contributed by atoms with Gasteiger partial charge in [0, 0.05) is 12.6 Å². The molecule has 0 aromatic heterocycles. The largest absolute Gasteiger partial charge is 0.326 e. The summed E-state index contributed by atoms with van der Waals surface area (Å²) >= 11 is 0. The second-order valence-electron chi connectivity index (χ2n) is 5.44. The lowest BCUT2D eigenvalue weighted by Crippen LogP contribution is -2.07. The van der Waals surface area contributed by atoms with Crippen molar-refractivity contribution in [3.8, 4) is 0 Å². The van der Waals surface area contributed by atoms with Gasteiger partial charge in [-0.2, -0.15) is 0 Å². The van der Waals surface area contributed by atoms with E-state index in [9.17, 15) is 4.79 Å². The van der Waals surface area contributed by atoms with Crippen molar-refractivity contribution >= 4 is 11.6 Å². The third-order valence-electron chi connectivity index (χ3n) is 2.44. The van der Waals surface area contributed by atoms with Crippen LogP contribution < -0.4 is 5.32 Å². The summed E-state index contributed by atoms with van der Waals surface area (Å²) in [6.45, 7) is 8.27. The highest BCUT2D eigenvalue weighted by molar-refractivity contribution is 5.88. The fraction of sp³-hybridized carbons (Fsp3) is 0.500. The summed E-state index contributed by atoms with van der Waals surface area (Å²) in [5, 5.41) is 2.77. The Labute approximate surface area is 98.1 Å². The molecular weight excluding hydrogens is 198 g/mol. The summed E-state index contributed by atoms with van der Waals surface area (Å²) in [7, 11) is 0.